The average Bonchev–Trinajstić information content (AvgIpc) is 2.43. The summed E-state index contributed by atoms with van der Waals surface area (Å²) in [6.45, 7) is 2.09. The van der Waals surface area contributed by atoms with E-state index < -0.39 is 16.8 Å². The van der Waals surface area contributed by atoms with Crippen LogP contribution >= 0.6 is 0 Å². The molecular weight excluding hydrogens is 292 g/mol. The Bertz CT molecular complexity index is 533. The maximum Gasteiger partial charge on any atom is 0.335 e. The molecule has 0 aliphatic heterocycles. The van der Waals surface area contributed by atoms with Crippen molar-refractivity contribution < 1.29 is 18.9 Å². The SMILES string of the molecule is CC(CCS(C)=O)NC(=O)NCc1cccc(C(=O)O)c1. The Morgan fingerprint density at radius 1 is 1.38 bits per heavy atom. The number of aromatic carboxylic acids is 1. The molecule has 2 amide bonds. The van der Waals surface area contributed by atoms with Crippen molar-refractivity contribution in [3.05, 3.63) is 35.4 Å². The number of urea groups is 1. The van der Waals surface area contributed by atoms with Gasteiger partial charge in [0, 0.05) is 35.4 Å². The molecule has 0 heterocycles. The van der Waals surface area contributed by atoms with E-state index in [9.17, 15) is 13.8 Å². The van der Waals surface area contributed by atoms with Crippen LogP contribution in [0.25, 0.3) is 0 Å². The van der Waals surface area contributed by atoms with Gasteiger partial charge in [-0.3, -0.25) is 4.21 Å². The van der Waals surface area contributed by atoms with Crippen molar-refractivity contribution in [3.8, 4) is 0 Å². The molecule has 0 saturated heterocycles. The van der Waals surface area contributed by atoms with Crippen molar-refractivity contribution >= 4 is 22.8 Å². The van der Waals surface area contributed by atoms with Gasteiger partial charge in [0.1, 0.15) is 0 Å². The molecule has 2 unspecified atom stereocenters. The van der Waals surface area contributed by atoms with E-state index in [2.05, 4.69) is 10.6 Å². The van der Waals surface area contributed by atoms with Gasteiger partial charge >= 0.3 is 12.0 Å². The van der Waals surface area contributed by atoms with E-state index in [0.29, 0.717) is 17.7 Å². The maximum atomic E-state index is 11.7. The van der Waals surface area contributed by atoms with Crippen LogP contribution in [-0.2, 0) is 17.3 Å². The number of benzene rings is 1. The first-order valence-electron chi connectivity index (χ1n) is 6.55. The highest BCUT2D eigenvalue weighted by Gasteiger charge is 2.08. The Morgan fingerprint density at radius 3 is 2.71 bits per heavy atom. The molecule has 3 N–H and O–H groups in total. The number of carbonyl (C=O) groups excluding carboxylic acids is 1. The van der Waals surface area contributed by atoms with Crippen molar-refractivity contribution in [1.29, 1.82) is 0 Å². The molecule has 0 aliphatic rings. The first-order valence-corrected chi connectivity index (χ1v) is 8.28. The lowest BCUT2D eigenvalue weighted by Gasteiger charge is -2.14. The minimum absolute atomic E-state index is 0.0701. The molecule has 1 aromatic carbocycles. The van der Waals surface area contributed by atoms with Gasteiger partial charge in [-0.15, -0.1) is 0 Å². The third kappa shape index (κ3) is 6.89. The number of hydrogen-bond donors (Lipinski definition) is 3. The first kappa shape index (κ1) is 17.2. The summed E-state index contributed by atoms with van der Waals surface area (Å²) in [7, 11) is -0.869. The van der Waals surface area contributed by atoms with Gasteiger partial charge in [0.15, 0.2) is 0 Å². The third-order valence-electron chi connectivity index (χ3n) is 2.84. The van der Waals surface area contributed by atoms with E-state index in [4.69, 9.17) is 5.11 Å². The fourth-order valence-electron chi connectivity index (χ4n) is 1.69. The molecule has 1 aromatic rings. The summed E-state index contributed by atoms with van der Waals surface area (Å²) in [4.78, 5) is 22.5. The summed E-state index contributed by atoms with van der Waals surface area (Å²) in [6, 6.07) is 6.00. The summed E-state index contributed by atoms with van der Waals surface area (Å²) in [5.74, 6) is -0.454. The zero-order chi connectivity index (χ0) is 15.8. The Morgan fingerprint density at radius 2 is 2.10 bits per heavy atom. The number of amides is 2. The van der Waals surface area contributed by atoms with Crippen LogP contribution in [0, 0.1) is 0 Å². The number of rotatable bonds is 7. The highest BCUT2D eigenvalue weighted by atomic mass is 32.2. The van der Waals surface area contributed by atoms with Gasteiger partial charge in [0.25, 0.3) is 0 Å². The van der Waals surface area contributed by atoms with Gasteiger partial charge in [0.05, 0.1) is 5.56 Å². The van der Waals surface area contributed by atoms with Crippen LogP contribution in [0.1, 0.15) is 29.3 Å². The van der Waals surface area contributed by atoms with Crippen LogP contribution in [0.5, 0.6) is 0 Å². The van der Waals surface area contributed by atoms with Crippen molar-refractivity contribution in [2.45, 2.75) is 25.9 Å². The quantitative estimate of drug-likeness (QED) is 0.708. The van der Waals surface area contributed by atoms with Gasteiger partial charge in [-0.05, 0) is 31.0 Å². The van der Waals surface area contributed by atoms with Crippen LogP contribution in [0.2, 0.25) is 0 Å². The zero-order valence-corrected chi connectivity index (χ0v) is 12.9. The molecule has 7 heteroatoms. The predicted molar refractivity (Wildman–Crippen MR) is 81.8 cm³/mol. The fourth-order valence-corrected chi connectivity index (χ4v) is 2.37. The molecule has 0 spiro atoms. The van der Waals surface area contributed by atoms with E-state index in [1.807, 2.05) is 6.92 Å². The number of carboxylic acid groups (broad SMARTS) is 1. The maximum absolute atomic E-state index is 11.7. The zero-order valence-electron chi connectivity index (χ0n) is 12.1. The topological polar surface area (TPSA) is 95.5 Å². The molecule has 6 nitrogen and oxygen atoms in total. The second-order valence-electron chi connectivity index (χ2n) is 4.80. The minimum atomic E-state index is -0.998. The fraction of sp³-hybridized carbons (Fsp3) is 0.429. The summed E-state index contributed by atoms with van der Waals surface area (Å²) < 4.78 is 11.0. The summed E-state index contributed by atoms with van der Waals surface area (Å²) in [5, 5.41) is 14.3. The molecule has 0 saturated carbocycles. The number of carboxylic acids is 1. The standard InChI is InChI=1S/C14H20N2O4S/c1-10(6-7-21(2)20)16-14(19)15-9-11-4-3-5-12(8-11)13(17)18/h3-5,8,10H,6-7,9H2,1-2H3,(H,17,18)(H2,15,16,19). The monoisotopic (exact) mass is 312 g/mol. The highest BCUT2D eigenvalue weighted by Crippen LogP contribution is 2.05. The smallest absolute Gasteiger partial charge is 0.335 e. The molecule has 21 heavy (non-hydrogen) atoms. The first-order chi connectivity index (χ1) is 9.88. The second kappa shape index (κ2) is 8.41. The van der Waals surface area contributed by atoms with Crippen LogP contribution in [0.15, 0.2) is 24.3 Å². The lowest BCUT2D eigenvalue weighted by molar-refractivity contribution is 0.0696. The van der Waals surface area contributed by atoms with Gasteiger partial charge < -0.3 is 15.7 Å². The summed E-state index contributed by atoms with van der Waals surface area (Å²) in [6.07, 6.45) is 2.27. The van der Waals surface area contributed by atoms with E-state index in [1.165, 1.54) is 12.1 Å². The summed E-state index contributed by atoms with van der Waals surface area (Å²) >= 11 is 0. The van der Waals surface area contributed by atoms with Crippen molar-refractivity contribution in [1.82, 2.24) is 10.6 Å². The Labute approximate surface area is 126 Å². The molecule has 0 aromatic heterocycles. The van der Waals surface area contributed by atoms with Crippen molar-refractivity contribution in [2.75, 3.05) is 12.0 Å². The van der Waals surface area contributed by atoms with Gasteiger partial charge in [0.2, 0.25) is 0 Å². The van der Waals surface area contributed by atoms with Crippen LogP contribution in [0.3, 0.4) is 0 Å². The number of carbonyl (C=O) groups is 2. The molecule has 0 bridgehead atoms. The van der Waals surface area contributed by atoms with Crippen molar-refractivity contribution in [3.63, 3.8) is 0 Å². The molecule has 0 aliphatic carbocycles. The van der Waals surface area contributed by atoms with Gasteiger partial charge in [-0.2, -0.15) is 0 Å². The van der Waals surface area contributed by atoms with Gasteiger partial charge in [-0.25, -0.2) is 9.59 Å². The molecule has 1 rings (SSSR count). The average molecular weight is 312 g/mol. The second-order valence-corrected chi connectivity index (χ2v) is 6.35. The Hall–Kier alpha value is -1.89. The molecular formula is C14H20N2O4S. The normalized spacial score (nSPS) is 13.2. The highest BCUT2D eigenvalue weighted by molar-refractivity contribution is 7.84. The van der Waals surface area contributed by atoms with E-state index in [-0.39, 0.29) is 24.2 Å². The molecule has 0 fully saturated rings. The third-order valence-corrected chi connectivity index (χ3v) is 3.65. The van der Waals surface area contributed by atoms with Crippen LogP contribution in [-0.4, -0.2) is 39.4 Å². The Kier molecular flexibility index (Phi) is 6.87. The Balaban J connectivity index is 2.40. The van der Waals surface area contributed by atoms with Crippen molar-refractivity contribution in [2.24, 2.45) is 0 Å². The number of nitrogens with one attached hydrogen (secondary N) is 2. The molecule has 0 radical (unpaired) electrons. The van der Waals surface area contributed by atoms with Gasteiger partial charge in [-0.1, -0.05) is 12.1 Å². The number of hydrogen-bond acceptors (Lipinski definition) is 3. The molecule has 2 atom stereocenters. The largest absolute Gasteiger partial charge is 0.478 e. The van der Waals surface area contributed by atoms with E-state index in [0.717, 1.165) is 0 Å². The van der Waals surface area contributed by atoms with Crippen LogP contribution in [0.4, 0.5) is 4.79 Å². The van der Waals surface area contributed by atoms with E-state index >= 15 is 0 Å². The lowest BCUT2D eigenvalue weighted by atomic mass is 10.1. The minimum Gasteiger partial charge on any atom is -0.478 e. The lowest BCUT2D eigenvalue weighted by Crippen LogP contribution is -2.40. The molecule has 116 valence electrons. The predicted octanol–water partition coefficient (Wildman–Crippen LogP) is 1.34. The van der Waals surface area contributed by atoms with E-state index in [1.54, 1.807) is 18.4 Å². The van der Waals surface area contributed by atoms with Crippen LogP contribution < -0.4 is 10.6 Å². The summed E-state index contributed by atoms with van der Waals surface area (Å²) in [5.41, 5.74) is 0.904.